The van der Waals surface area contributed by atoms with Crippen molar-refractivity contribution in [2.24, 2.45) is 0 Å². The number of amides is 3. The molecule has 1 aliphatic rings. The number of rotatable bonds is 3. The van der Waals surface area contributed by atoms with Gasteiger partial charge >= 0.3 is 6.09 Å². The first kappa shape index (κ1) is 15.0. The molecule has 0 radical (unpaired) electrons. The van der Waals surface area contributed by atoms with E-state index in [0.29, 0.717) is 16.5 Å². The minimum atomic E-state index is -0.510. The second kappa shape index (κ2) is 5.72. The second-order valence-electron chi connectivity index (χ2n) is 5.48. The third kappa shape index (κ3) is 2.52. The maximum Gasteiger partial charge on any atom is 0.409 e. The fourth-order valence-electron chi connectivity index (χ4n) is 2.64. The van der Waals surface area contributed by atoms with Crippen LogP contribution in [0.25, 0.3) is 10.8 Å². The van der Waals surface area contributed by atoms with E-state index < -0.39 is 6.09 Å². The molecule has 118 valence electrons. The molecular formula is C17H16N2O4. The third-order valence-electron chi connectivity index (χ3n) is 3.76. The van der Waals surface area contributed by atoms with E-state index in [9.17, 15) is 14.4 Å². The van der Waals surface area contributed by atoms with E-state index in [-0.39, 0.29) is 25.0 Å². The van der Waals surface area contributed by atoms with Crippen LogP contribution in [-0.4, -0.2) is 55.0 Å². The molecule has 6 nitrogen and oxygen atoms in total. The summed E-state index contributed by atoms with van der Waals surface area (Å²) >= 11 is 0. The number of carbonyl (C=O) groups is 3. The summed E-state index contributed by atoms with van der Waals surface area (Å²) in [6.07, 6.45) is -0.510. The number of hydrogen-bond acceptors (Lipinski definition) is 4. The van der Waals surface area contributed by atoms with Gasteiger partial charge in [0.05, 0.1) is 6.54 Å². The maximum atomic E-state index is 12.6. The van der Waals surface area contributed by atoms with Crippen molar-refractivity contribution < 1.29 is 19.1 Å². The van der Waals surface area contributed by atoms with Gasteiger partial charge in [0.2, 0.25) is 0 Å². The lowest BCUT2D eigenvalue weighted by Crippen LogP contribution is -2.42. The second-order valence-corrected chi connectivity index (χ2v) is 5.48. The smallest absolute Gasteiger partial charge is 0.409 e. The lowest BCUT2D eigenvalue weighted by molar-refractivity contribution is 0.0546. The molecule has 23 heavy (non-hydrogen) atoms. The van der Waals surface area contributed by atoms with Crippen LogP contribution in [0.1, 0.15) is 20.7 Å². The zero-order valence-electron chi connectivity index (χ0n) is 12.9. The Balaban J connectivity index is 1.87. The van der Waals surface area contributed by atoms with Crippen molar-refractivity contribution in [1.82, 2.24) is 9.80 Å². The summed E-state index contributed by atoms with van der Waals surface area (Å²) in [5, 5.41) is 1.55. The van der Waals surface area contributed by atoms with Crippen LogP contribution in [0.3, 0.4) is 0 Å². The highest BCUT2D eigenvalue weighted by Gasteiger charge is 2.32. The van der Waals surface area contributed by atoms with E-state index >= 15 is 0 Å². The van der Waals surface area contributed by atoms with E-state index in [0.717, 1.165) is 10.3 Å². The van der Waals surface area contributed by atoms with Gasteiger partial charge in [-0.3, -0.25) is 14.5 Å². The van der Waals surface area contributed by atoms with Gasteiger partial charge in [-0.15, -0.1) is 0 Å². The van der Waals surface area contributed by atoms with E-state index in [2.05, 4.69) is 0 Å². The molecule has 1 heterocycles. The molecule has 1 aliphatic heterocycles. The molecule has 2 aromatic rings. The first-order valence-corrected chi connectivity index (χ1v) is 7.22. The first-order chi connectivity index (χ1) is 11.0. The van der Waals surface area contributed by atoms with Crippen LogP contribution in [-0.2, 0) is 4.74 Å². The van der Waals surface area contributed by atoms with Crippen molar-refractivity contribution in [1.29, 1.82) is 0 Å². The first-order valence-electron chi connectivity index (χ1n) is 7.22. The van der Waals surface area contributed by atoms with Gasteiger partial charge in [-0.25, -0.2) is 4.79 Å². The fourth-order valence-corrected chi connectivity index (χ4v) is 2.64. The highest BCUT2D eigenvalue weighted by molar-refractivity contribution is 6.25. The quantitative estimate of drug-likeness (QED) is 0.814. The Kier molecular flexibility index (Phi) is 3.73. The summed E-state index contributed by atoms with van der Waals surface area (Å²) in [5.74, 6) is -0.722. The molecule has 0 unspecified atom stereocenters. The Bertz CT molecular complexity index is 763. The average molecular weight is 312 g/mol. The van der Waals surface area contributed by atoms with Crippen LogP contribution < -0.4 is 0 Å². The standard InChI is InChI=1S/C17H16N2O4/c1-18(2)17(22)23-10-9-19-15(20)12-7-3-5-11-6-4-8-13(14(11)12)16(19)21/h3-8H,9-10H2,1-2H3. The van der Waals surface area contributed by atoms with Crippen LogP contribution >= 0.6 is 0 Å². The van der Waals surface area contributed by atoms with Crippen LogP contribution in [0.5, 0.6) is 0 Å². The van der Waals surface area contributed by atoms with Gasteiger partial charge in [-0.1, -0.05) is 24.3 Å². The number of benzene rings is 2. The van der Waals surface area contributed by atoms with Gasteiger partial charge in [0.1, 0.15) is 6.61 Å². The number of nitrogens with zero attached hydrogens (tertiary/aromatic N) is 2. The number of hydrogen-bond donors (Lipinski definition) is 0. The van der Waals surface area contributed by atoms with E-state index in [1.54, 1.807) is 38.4 Å². The third-order valence-corrected chi connectivity index (χ3v) is 3.76. The Labute approximate surface area is 133 Å². The summed E-state index contributed by atoms with van der Waals surface area (Å²) in [4.78, 5) is 39.0. The van der Waals surface area contributed by atoms with Crippen molar-refractivity contribution in [3.63, 3.8) is 0 Å². The molecule has 3 rings (SSSR count). The van der Waals surface area contributed by atoms with Crippen LogP contribution in [0.4, 0.5) is 4.79 Å². The molecule has 3 amide bonds. The molecular weight excluding hydrogens is 296 g/mol. The average Bonchev–Trinajstić information content (AvgIpc) is 2.55. The summed E-state index contributed by atoms with van der Waals surface area (Å²) in [5.41, 5.74) is 0.994. The van der Waals surface area contributed by atoms with Gasteiger partial charge in [-0.2, -0.15) is 0 Å². The zero-order chi connectivity index (χ0) is 16.6. The summed E-state index contributed by atoms with van der Waals surface area (Å²) in [7, 11) is 3.13. The lowest BCUT2D eigenvalue weighted by atomic mass is 9.94. The highest BCUT2D eigenvalue weighted by atomic mass is 16.6. The van der Waals surface area contributed by atoms with Gasteiger partial charge in [-0.05, 0) is 17.5 Å². The maximum absolute atomic E-state index is 12.6. The molecule has 0 aliphatic carbocycles. The van der Waals surface area contributed by atoms with Gasteiger partial charge in [0.25, 0.3) is 11.8 Å². The lowest BCUT2D eigenvalue weighted by Gasteiger charge is -2.27. The summed E-state index contributed by atoms with van der Waals surface area (Å²) < 4.78 is 5.00. The monoisotopic (exact) mass is 312 g/mol. The molecule has 0 fully saturated rings. The predicted octanol–water partition coefficient (Wildman–Crippen LogP) is 2.13. The molecule has 0 N–H and O–H groups in total. The van der Waals surface area contributed by atoms with Crippen molar-refractivity contribution in [3.05, 3.63) is 47.5 Å². The Morgan fingerprint density at radius 2 is 1.61 bits per heavy atom. The van der Waals surface area contributed by atoms with E-state index in [4.69, 9.17) is 4.74 Å². The molecule has 0 saturated carbocycles. The Hall–Kier alpha value is -2.89. The number of carbonyl (C=O) groups excluding carboxylic acids is 3. The molecule has 0 bridgehead atoms. The van der Waals surface area contributed by atoms with E-state index in [1.165, 1.54) is 4.90 Å². The highest BCUT2D eigenvalue weighted by Crippen LogP contribution is 2.29. The molecule has 2 aromatic carbocycles. The van der Waals surface area contributed by atoms with Crippen molar-refractivity contribution in [2.45, 2.75) is 0 Å². The molecule has 0 saturated heterocycles. The van der Waals surface area contributed by atoms with Crippen molar-refractivity contribution >= 4 is 28.7 Å². The Morgan fingerprint density at radius 1 is 1.04 bits per heavy atom. The SMILES string of the molecule is CN(C)C(=O)OCCN1C(=O)c2cccc3cccc(c23)C1=O. The van der Waals surface area contributed by atoms with Crippen molar-refractivity contribution in [3.8, 4) is 0 Å². The predicted molar refractivity (Wildman–Crippen MR) is 84.4 cm³/mol. The minimum absolute atomic E-state index is 0.0297. The largest absolute Gasteiger partial charge is 0.448 e. The van der Waals surface area contributed by atoms with Crippen LogP contribution in [0.2, 0.25) is 0 Å². The van der Waals surface area contributed by atoms with E-state index in [1.807, 2.05) is 12.1 Å². The van der Waals surface area contributed by atoms with Gasteiger partial charge in [0, 0.05) is 30.6 Å². The topological polar surface area (TPSA) is 66.9 Å². The van der Waals surface area contributed by atoms with Gasteiger partial charge in [0.15, 0.2) is 0 Å². The zero-order valence-corrected chi connectivity index (χ0v) is 12.9. The normalized spacial score (nSPS) is 13.4. The van der Waals surface area contributed by atoms with Crippen molar-refractivity contribution in [2.75, 3.05) is 27.2 Å². The Morgan fingerprint density at radius 3 is 2.13 bits per heavy atom. The number of imide groups is 1. The number of ether oxygens (including phenoxy) is 1. The molecule has 0 atom stereocenters. The molecule has 6 heteroatoms. The molecule has 0 spiro atoms. The minimum Gasteiger partial charge on any atom is -0.448 e. The summed E-state index contributed by atoms with van der Waals surface area (Å²) in [6, 6.07) is 10.7. The van der Waals surface area contributed by atoms with Crippen LogP contribution in [0, 0.1) is 0 Å². The van der Waals surface area contributed by atoms with Gasteiger partial charge < -0.3 is 9.64 Å². The fraction of sp³-hybridized carbons (Fsp3) is 0.235. The van der Waals surface area contributed by atoms with Crippen LogP contribution in [0.15, 0.2) is 36.4 Å². The molecule has 0 aromatic heterocycles. The summed E-state index contributed by atoms with van der Waals surface area (Å²) in [6.45, 7) is -0.00535.